The van der Waals surface area contributed by atoms with Crippen molar-refractivity contribution in [3.05, 3.63) is 53.1 Å². The van der Waals surface area contributed by atoms with E-state index in [1.165, 1.54) is 16.2 Å². The molecule has 4 heteroatoms. The SMILES string of the molecule is CCOc1ccccc1N1CC[NH+](Cc2cc(C)c(C)cc2O)CC1. The Balaban J connectivity index is 1.64. The summed E-state index contributed by atoms with van der Waals surface area (Å²) < 4.78 is 5.77. The zero-order valence-corrected chi connectivity index (χ0v) is 15.5. The van der Waals surface area contributed by atoms with Gasteiger partial charge in [-0.3, -0.25) is 0 Å². The van der Waals surface area contributed by atoms with Crippen LogP contribution in [0.4, 0.5) is 5.69 Å². The van der Waals surface area contributed by atoms with Crippen LogP contribution in [-0.2, 0) is 6.54 Å². The van der Waals surface area contributed by atoms with Crippen molar-refractivity contribution in [2.24, 2.45) is 0 Å². The Morgan fingerprint density at radius 1 is 1.08 bits per heavy atom. The first-order valence-electron chi connectivity index (χ1n) is 9.18. The molecule has 1 aliphatic heterocycles. The first-order chi connectivity index (χ1) is 12.1. The van der Waals surface area contributed by atoms with Crippen LogP contribution in [0.25, 0.3) is 0 Å². The van der Waals surface area contributed by atoms with E-state index in [-0.39, 0.29) is 0 Å². The van der Waals surface area contributed by atoms with E-state index < -0.39 is 0 Å². The molecule has 0 radical (unpaired) electrons. The predicted molar refractivity (Wildman–Crippen MR) is 102 cm³/mol. The molecule has 2 N–H and O–H groups in total. The lowest BCUT2D eigenvalue weighted by Gasteiger charge is -2.34. The van der Waals surface area contributed by atoms with Crippen molar-refractivity contribution >= 4 is 5.69 Å². The number of hydrogen-bond donors (Lipinski definition) is 2. The maximum atomic E-state index is 10.2. The lowest BCUT2D eigenvalue weighted by molar-refractivity contribution is -0.914. The average molecular weight is 341 g/mol. The summed E-state index contributed by atoms with van der Waals surface area (Å²) in [6, 6.07) is 12.3. The Hall–Kier alpha value is -2.20. The topological polar surface area (TPSA) is 37.1 Å². The Kier molecular flexibility index (Phi) is 5.49. The Bertz CT molecular complexity index is 722. The number of piperazine rings is 1. The van der Waals surface area contributed by atoms with Crippen LogP contribution in [0.1, 0.15) is 23.6 Å². The molecule has 3 rings (SSSR count). The van der Waals surface area contributed by atoms with Crippen molar-refractivity contribution in [2.45, 2.75) is 27.3 Å². The van der Waals surface area contributed by atoms with Gasteiger partial charge in [-0.25, -0.2) is 0 Å². The van der Waals surface area contributed by atoms with Gasteiger partial charge < -0.3 is 19.6 Å². The van der Waals surface area contributed by atoms with E-state index in [0.29, 0.717) is 12.4 Å². The molecule has 1 fully saturated rings. The van der Waals surface area contributed by atoms with E-state index in [0.717, 1.165) is 49.6 Å². The largest absolute Gasteiger partial charge is 0.507 e. The summed E-state index contributed by atoms with van der Waals surface area (Å²) in [7, 11) is 0. The van der Waals surface area contributed by atoms with Gasteiger partial charge in [0, 0.05) is 5.56 Å². The van der Waals surface area contributed by atoms with Crippen molar-refractivity contribution < 1.29 is 14.7 Å². The number of phenols is 1. The number of ether oxygens (including phenoxy) is 1. The van der Waals surface area contributed by atoms with Crippen LogP contribution in [0.15, 0.2) is 36.4 Å². The number of nitrogens with zero attached hydrogens (tertiary/aromatic N) is 1. The molecule has 25 heavy (non-hydrogen) atoms. The highest BCUT2D eigenvalue weighted by Crippen LogP contribution is 2.28. The first kappa shape index (κ1) is 17.6. The van der Waals surface area contributed by atoms with E-state index in [2.05, 4.69) is 30.0 Å². The molecule has 4 nitrogen and oxygen atoms in total. The molecule has 2 aromatic carbocycles. The van der Waals surface area contributed by atoms with E-state index >= 15 is 0 Å². The second-order valence-electron chi connectivity index (χ2n) is 6.88. The van der Waals surface area contributed by atoms with Crippen LogP contribution in [0.3, 0.4) is 0 Å². The molecule has 2 aromatic rings. The Labute approximate surface area is 150 Å². The molecule has 0 amide bonds. The summed E-state index contributed by atoms with van der Waals surface area (Å²) >= 11 is 0. The fourth-order valence-electron chi connectivity index (χ4n) is 3.51. The van der Waals surface area contributed by atoms with Gasteiger partial charge in [0.15, 0.2) is 0 Å². The van der Waals surface area contributed by atoms with Gasteiger partial charge in [-0.2, -0.15) is 0 Å². The average Bonchev–Trinajstić information content (AvgIpc) is 2.61. The van der Waals surface area contributed by atoms with Crippen LogP contribution >= 0.6 is 0 Å². The number of phenolic OH excluding ortho intramolecular Hbond substituents is 1. The Morgan fingerprint density at radius 2 is 1.76 bits per heavy atom. The zero-order valence-electron chi connectivity index (χ0n) is 15.5. The molecule has 0 bridgehead atoms. The van der Waals surface area contributed by atoms with Gasteiger partial charge in [-0.05, 0) is 56.2 Å². The summed E-state index contributed by atoms with van der Waals surface area (Å²) in [5, 5.41) is 10.2. The number of anilines is 1. The van der Waals surface area contributed by atoms with Gasteiger partial charge in [-0.1, -0.05) is 12.1 Å². The number of aryl methyl sites for hydroxylation is 2. The molecule has 0 spiro atoms. The number of aromatic hydroxyl groups is 1. The molecule has 0 aliphatic carbocycles. The minimum Gasteiger partial charge on any atom is -0.507 e. The van der Waals surface area contributed by atoms with Gasteiger partial charge in [0.1, 0.15) is 18.0 Å². The standard InChI is InChI=1S/C21H28N2O2/c1-4-25-21-8-6-5-7-19(21)23-11-9-22(10-12-23)15-18-13-16(2)17(3)14-20(18)24/h5-8,13-14,24H,4,9-12,15H2,1-3H3/p+1. The molecule has 1 saturated heterocycles. The van der Waals surface area contributed by atoms with Crippen molar-refractivity contribution in [2.75, 3.05) is 37.7 Å². The number of quaternary nitrogens is 1. The third-order valence-corrected chi connectivity index (χ3v) is 5.11. The fourth-order valence-corrected chi connectivity index (χ4v) is 3.51. The lowest BCUT2D eigenvalue weighted by atomic mass is 10.0. The highest BCUT2D eigenvalue weighted by molar-refractivity contribution is 5.58. The summed E-state index contributed by atoms with van der Waals surface area (Å²) in [6.07, 6.45) is 0. The fraction of sp³-hybridized carbons (Fsp3) is 0.429. The number of benzene rings is 2. The smallest absolute Gasteiger partial charge is 0.142 e. The second-order valence-corrected chi connectivity index (χ2v) is 6.88. The van der Waals surface area contributed by atoms with Crippen molar-refractivity contribution in [1.82, 2.24) is 0 Å². The van der Waals surface area contributed by atoms with Crippen LogP contribution in [0.5, 0.6) is 11.5 Å². The number of para-hydroxylation sites is 2. The van der Waals surface area contributed by atoms with Crippen molar-refractivity contribution in [3.63, 3.8) is 0 Å². The third-order valence-electron chi connectivity index (χ3n) is 5.11. The summed E-state index contributed by atoms with van der Waals surface area (Å²) in [6.45, 7) is 11.9. The van der Waals surface area contributed by atoms with Crippen LogP contribution in [-0.4, -0.2) is 37.9 Å². The molecule has 0 aromatic heterocycles. The van der Waals surface area contributed by atoms with E-state index in [1.54, 1.807) is 0 Å². The van der Waals surface area contributed by atoms with Gasteiger partial charge in [0.2, 0.25) is 0 Å². The molecule has 0 saturated carbocycles. The number of nitrogens with one attached hydrogen (secondary N) is 1. The minimum atomic E-state index is 0.430. The molecule has 134 valence electrons. The predicted octanol–water partition coefficient (Wildman–Crippen LogP) is 2.31. The highest BCUT2D eigenvalue weighted by atomic mass is 16.5. The maximum absolute atomic E-state index is 10.2. The molecule has 1 aliphatic rings. The summed E-state index contributed by atoms with van der Waals surface area (Å²) in [5.41, 5.74) is 4.64. The second kappa shape index (κ2) is 7.79. The number of hydrogen-bond acceptors (Lipinski definition) is 3. The maximum Gasteiger partial charge on any atom is 0.142 e. The molecular formula is C21H29N2O2+. The van der Waals surface area contributed by atoms with Gasteiger partial charge >= 0.3 is 0 Å². The van der Waals surface area contributed by atoms with Crippen LogP contribution in [0.2, 0.25) is 0 Å². The summed E-state index contributed by atoms with van der Waals surface area (Å²) in [5.74, 6) is 1.40. The third kappa shape index (κ3) is 4.07. The highest BCUT2D eigenvalue weighted by Gasteiger charge is 2.23. The molecule has 1 heterocycles. The quantitative estimate of drug-likeness (QED) is 0.876. The molecule has 0 atom stereocenters. The van der Waals surface area contributed by atoms with Crippen molar-refractivity contribution in [3.8, 4) is 11.5 Å². The Morgan fingerprint density at radius 3 is 2.48 bits per heavy atom. The number of rotatable bonds is 5. The molecule has 0 unspecified atom stereocenters. The summed E-state index contributed by atoms with van der Waals surface area (Å²) in [4.78, 5) is 3.93. The van der Waals surface area contributed by atoms with Crippen LogP contribution < -0.4 is 14.5 Å². The zero-order chi connectivity index (χ0) is 17.8. The van der Waals surface area contributed by atoms with Crippen molar-refractivity contribution in [1.29, 1.82) is 0 Å². The monoisotopic (exact) mass is 341 g/mol. The first-order valence-corrected chi connectivity index (χ1v) is 9.18. The van der Waals surface area contributed by atoms with Crippen LogP contribution in [0, 0.1) is 13.8 Å². The van der Waals surface area contributed by atoms with Gasteiger partial charge in [-0.15, -0.1) is 0 Å². The lowest BCUT2D eigenvalue weighted by Crippen LogP contribution is -3.13. The van der Waals surface area contributed by atoms with Gasteiger partial charge in [0.25, 0.3) is 0 Å². The van der Waals surface area contributed by atoms with Gasteiger partial charge in [0.05, 0.1) is 38.5 Å². The van der Waals surface area contributed by atoms with E-state index in [1.807, 2.05) is 32.0 Å². The normalized spacial score (nSPS) is 15.4. The molecular weight excluding hydrogens is 312 g/mol. The van der Waals surface area contributed by atoms with E-state index in [4.69, 9.17) is 4.74 Å². The van der Waals surface area contributed by atoms with E-state index in [9.17, 15) is 5.11 Å². The minimum absolute atomic E-state index is 0.430.